The highest BCUT2D eigenvalue weighted by Gasteiger charge is 2.22. The van der Waals surface area contributed by atoms with Gasteiger partial charge in [-0.05, 0) is 17.5 Å². The lowest BCUT2D eigenvalue weighted by Crippen LogP contribution is -2.24. The second-order valence-electron chi connectivity index (χ2n) is 3.48. The average molecular weight is 208 g/mol. The third-order valence-electron chi connectivity index (χ3n) is 2.54. The van der Waals surface area contributed by atoms with Crippen molar-refractivity contribution in [3.8, 4) is 0 Å². The van der Waals surface area contributed by atoms with Gasteiger partial charge in [-0.1, -0.05) is 0 Å². The molecule has 0 saturated heterocycles. The number of aliphatic carboxylic acids is 1. The number of nitrogens with zero attached hydrogens (tertiary/aromatic N) is 1. The van der Waals surface area contributed by atoms with Crippen molar-refractivity contribution in [2.24, 2.45) is 5.73 Å². The summed E-state index contributed by atoms with van der Waals surface area (Å²) in [5.74, 6) is -1.03. The molecule has 5 heteroatoms. The van der Waals surface area contributed by atoms with Crippen molar-refractivity contribution in [2.75, 3.05) is 6.61 Å². The third kappa shape index (κ3) is 1.84. The molecule has 1 aromatic rings. The van der Waals surface area contributed by atoms with Gasteiger partial charge in [0.25, 0.3) is 0 Å². The van der Waals surface area contributed by atoms with Crippen LogP contribution < -0.4 is 5.73 Å². The van der Waals surface area contributed by atoms with Gasteiger partial charge < -0.3 is 15.6 Å². The lowest BCUT2D eigenvalue weighted by Gasteiger charge is -2.20. The van der Waals surface area contributed by atoms with E-state index in [4.69, 9.17) is 15.6 Å². The van der Waals surface area contributed by atoms with Crippen LogP contribution in [0.25, 0.3) is 0 Å². The predicted octanol–water partition coefficient (Wildman–Crippen LogP) is 0.239. The monoisotopic (exact) mass is 208 g/mol. The third-order valence-corrected chi connectivity index (χ3v) is 2.54. The summed E-state index contributed by atoms with van der Waals surface area (Å²) in [6.45, 7) is 1.10. The number of pyridine rings is 1. The Balaban J connectivity index is 2.43. The summed E-state index contributed by atoms with van der Waals surface area (Å²) in [4.78, 5) is 14.8. The van der Waals surface area contributed by atoms with Crippen LogP contribution in [0.1, 0.15) is 22.7 Å². The lowest BCUT2D eigenvalue weighted by molar-refractivity contribution is -0.138. The van der Waals surface area contributed by atoms with Crippen molar-refractivity contribution in [3.63, 3.8) is 0 Å². The Hall–Kier alpha value is -1.46. The molecule has 5 nitrogen and oxygen atoms in total. The zero-order chi connectivity index (χ0) is 10.8. The van der Waals surface area contributed by atoms with Gasteiger partial charge in [0.05, 0.1) is 13.2 Å². The number of aromatic nitrogens is 1. The molecule has 2 heterocycles. The van der Waals surface area contributed by atoms with Gasteiger partial charge in [-0.15, -0.1) is 0 Å². The zero-order valence-corrected chi connectivity index (χ0v) is 8.14. The van der Waals surface area contributed by atoms with Gasteiger partial charge in [-0.3, -0.25) is 9.78 Å². The van der Waals surface area contributed by atoms with Gasteiger partial charge in [0.15, 0.2) is 0 Å². The van der Waals surface area contributed by atoms with E-state index in [-0.39, 0.29) is 0 Å². The normalized spacial score (nSPS) is 16.9. The SMILES string of the molecule is NC(C(=O)O)c1cncc2c1CCOC2. The number of carboxylic acids is 1. The van der Waals surface area contributed by atoms with Gasteiger partial charge in [-0.25, -0.2) is 0 Å². The minimum absolute atomic E-state index is 0.489. The van der Waals surface area contributed by atoms with E-state index in [1.165, 1.54) is 6.20 Å². The van der Waals surface area contributed by atoms with Crippen LogP contribution in [0.15, 0.2) is 12.4 Å². The van der Waals surface area contributed by atoms with E-state index in [1.54, 1.807) is 6.20 Å². The first-order chi connectivity index (χ1) is 7.20. The molecule has 3 N–H and O–H groups in total. The van der Waals surface area contributed by atoms with E-state index in [0.717, 1.165) is 11.1 Å². The van der Waals surface area contributed by atoms with Crippen molar-refractivity contribution in [2.45, 2.75) is 19.1 Å². The number of rotatable bonds is 2. The van der Waals surface area contributed by atoms with Crippen LogP contribution in [0.2, 0.25) is 0 Å². The topological polar surface area (TPSA) is 85.4 Å². The maximum Gasteiger partial charge on any atom is 0.325 e. The molecule has 0 aromatic carbocycles. The highest BCUT2D eigenvalue weighted by molar-refractivity contribution is 5.75. The second kappa shape index (κ2) is 3.96. The van der Waals surface area contributed by atoms with Crippen molar-refractivity contribution >= 4 is 5.97 Å². The lowest BCUT2D eigenvalue weighted by atomic mass is 9.96. The molecule has 1 aliphatic rings. The summed E-state index contributed by atoms with van der Waals surface area (Å²) in [6, 6.07) is -0.995. The summed E-state index contributed by atoms with van der Waals surface area (Å²) in [5.41, 5.74) is 8.10. The smallest absolute Gasteiger partial charge is 0.325 e. The van der Waals surface area contributed by atoms with E-state index in [2.05, 4.69) is 4.98 Å². The van der Waals surface area contributed by atoms with Gasteiger partial charge in [-0.2, -0.15) is 0 Å². The Morgan fingerprint density at radius 2 is 2.40 bits per heavy atom. The molecular formula is C10H12N2O3. The minimum Gasteiger partial charge on any atom is -0.480 e. The van der Waals surface area contributed by atoms with Crippen LogP contribution in [0.4, 0.5) is 0 Å². The molecular weight excluding hydrogens is 196 g/mol. The van der Waals surface area contributed by atoms with Crippen LogP contribution in [0.3, 0.4) is 0 Å². The number of carbonyl (C=O) groups is 1. The van der Waals surface area contributed by atoms with E-state index < -0.39 is 12.0 Å². The predicted molar refractivity (Wildman–Crippen MR) is 52.2 cm³/mol. The van der Waals surface area contributed by atoms with Gasteiger partial charge in [0.1, 0.15) is 6.04 Å². The number of nitrogens with two attached hydrogens (primary N) is 1. The Labute approximate surface area is 86.9 Å². The molecule has 1 aromatic heterocycles. The Morgan fingerprint density at radius 1 is 1.60 bits per heavy atom. The molecule has 0 aliphatic carbocycles. The van der Waals surface area contributed by atoms with Crippen LogP contribution in [0.5, 0.6) is 0 Å². The molecule has 1 unspecified atom stereocenters. The van der Waals surface area contributed by atoms with Gasteiger partial charge >= 0.3 is 5.97 Å². The van der Waals surface area contributed by atoms with E-state index in [0.29, 0.717) is 25.2 Å². The summed E-state index contributed by atoms with van der Waals surface area (Å²) >= 11 is 0. The molecule has 0 amide bonds. The van der Waals surface area contributed by atoms with Crippen molar-refractivity contribution in [1.82, 2.24) is 4.98 Å². The molecule has 0 radical (unpaired) electrons. The minimum atomic E-state index is -1.03. The quantitative estimate of drug-likeness (QED) is 0.727. The zero-order valence-electron chi connectivity index (χ0n) is 8.14. The summed E-state index contributed by atoms with van der Waals surface area (Å²) < 4.78 is 5.26. The molecule has 0 bridgehead atoms. The van der Waals surface area contributed by atoms with Crippen LogP contribution in [0, 0.1) is 0 Å². The average Bonchev–Trinajstić information content (AvgIpc) is 2.27. The van der Waals surface area contributed by atoms with E-state index in [9.17, 15) is 4.79 Å². The standard InChI is InChI=1S/C10H12N2O3/c11-9(10(13)14)8-4-12-3-6-5-15-2-1-7(6)8/h3-4,9H,1-2,5,11H2,(H,13,14). The second-order valence-corrected chi connectivity index (χ2v) is 3.48. The molecule has 15 heavy (non-hydrogen) atoms. The molecule has 0 fully saturated rings. The molecule has 2 rings (SSSR count). The molecule has 0 saturated carbocycles. The molecule has 1 atom stereocenters. The highest BCUT2D eigenvalue weighted by atomic mass is 16.5. The van der Waals surface area contributed by atoms with Crippen LogP contribution in [-0.4, -0.2) is 22.7 Å². The molecule has 0 spiro atoms. The van der Waals surface area contributed by atoms with Crippen LogP contribution in [-0.2, 0) is 22.6 Å². The number of carboxylic acid groups (broad SMARTS) is 1. The van der Waals surface area contributed by atoms with Crippen LogP contribution >= 0.6 is 0 Å². The highest BCUT2D eigenvalue weighted by Crippen LogP contribution is 2.23. The van der Waals surface area contributed by atoms with E-state index in [1.807, 2.05) is 0 Å². The summed E-state index contributed by atoms with van der Waals surface area (Å²) in [7, 11) is 0. The first-order valence-electron chi connectivity index (χ1n) is 4.72. The fourth-order valence-electron chi connectivity index (χ4n) is 1.74. The largest absolute Gasteiger partial charge is 0.480 e. The van der Waals surface area contributed by atoms with Crippen molar-refractivity contribution < 1.29 is 14.6 Å². The first kappa shape index (κ1) is 10.1. The number of fused-ring (bicyclic) bond motifs is 1. The fourth-order valence-corrected chi connectivity index (χ4v) is 1.74. The number of hydrogen-bond acceptors (Lipinski definition) is 4. The molecule has 1 aliphatic heterocycles. The maximum atomic E-state index is 10.8. The maximum absolute atomic E-state index is 10.8. The number of ether oxygens (including phenoxy) is 1. The first-order valence-corrected chi connectivity index (χ1v) is 4.72. The Kier molecular flexibility index (Phi) is 2.66. The van der Waals surface area contributed by atoms with Crippen molar-refractivity contribution in [3.05, 3.63) is 29.1 Å². The fraction of sp³-hybridized carbons (Fsp3) is 0.400. The van der Waals surface area contributed by atoms with E-state index >= 15 is 0 Å². The summed E-state index contributed by atoms with van der Waals surface area (Å²) in [6.07, 6.45) is 3.93. The summed E-state index contributed by atoms with van der Waals surface area (Å²) in [5, 5.41) is 8.85. The van der Waals surface area contributed by atoms with Crippen molar-refractivity contribution in [1.29, 1.82) is 0 Å². The number of hydrogen-bond donors (Lipinski definition) is 2. The Bertz CT molecular complexity index is 392. The Morgan fingerprint density at radius 3 is 3.13 bits per heavy atom. The molecule has 80 valence electrons. The van der Waals surface area contributed by atoms with Gasteiger partial charge in [0.2, 0.25) is 0 Å². The van der Waals surface area contributed by atoms with Gasteiger partial charge in [0, 0.05) is 18.0 Å².